The van der Waals surface area contributed by atoms with Crippen molar-refractivity contribution in [2.24, 2.45) is 17.8 Å². The predicted octanol–water partition coefficient (Wildman–Crippen LogP) is 6.42. The predicted molar refractivity (Wildman–Crippen MR) is 94.3 cm³/mol. The fourth-order valence-electron chi connectivity index (χ4n) is 3.63. The van der Waals surface area contributed by atoms with Crippen molar-refractivity contribution in [2.45, 2.75) is 52.9 Å². The van der Waals surface area contributed by atoms with Crippen LogP contribution in [0.3, 0.4) is 0 Å². The lowest BCUT2D eigenvalue weighted by atomic mass is 9.72. The third-order valence-electron chi connectivity index (χ3n) is 5.48. The number of rotatable bonds is 5. The van der Waals surface area contributed by atoms with Crippen LogP contribution in [0.15, 0.2) is 43.0 Å². The molecular weight excluding hydrogens is 252 g/mol. The van der Waals surface area contributed by atoms with Gasteiger partial charge in [-0.2, -0.15) is 0 Å². The van der Waals surface area contributed by atoms with Crippen LogP contribution in [0.5, 0.6) is 0 Å². The molecule has 0 bridgehead atoms. The number of benzene rings is 1. The van der Waals surface area contributed by atoms with Gasteiger partial charge in [0, 0.05) is 0 Å². The Bertz CT molecular complexity index is 501. The Kier molecular flexibility index (Phi) is 5.45. The molecule has 21 heavy (non-hydrogen) atoms. The van der Waals surface area contributed by atoms with Crippen LogP contribution in [0.1, 0.15) is 57.1 Å². The first-order valence-electron chi connectivity index (χ1n) is 8.48. The van der Waals surface area contributed by atoms with Gasteiger partial charge in [0.05, 0.1) is 0 Å². The molecule has 0 spiro atoms. The fraction of sp³-hybridized carbons (Fsp3) is 0.524. The zero-order chi connectivity index (χ0) is 15.4. The Morgan fingerprint density at radius 3 is 2.24 bits per heavy atom. The van der Waals surface area contributed by atoms with Crippen molar-refractivity contribution in [2.75, 3.05) is 0 Å². The molecule has 0 heteroatoms. The molecule has 1 unspecified atom stereocenters. The molecule has 0 aromatic heterocycles. The molecule has 1 aromatic carbocycles. The van der Waals surface area contributed by atoms with Crippen LogP contribution in [-0.2, 0) is 0 Å². The van der Waals surface area contributed by atoms with Crippen molar-refractivity contribution in [1.82, 2.24) is 0 Å². The van der Waals surface area contributed by atoms with E-state index in [9.17, 15) is 0 Å². The van der Waals surface area contributed by atoms with Gasteiger partial charge in [0.1, 0.15) is 0 Å². The minimum atomic E-state index is 0.659. The lowest BCUT2D eigenvalue weighted by molar-refractivity contribution is 0.333. The van der Waals surface area contributed by atoms with Gasteiger partial charge in [-0.3, -0.25) is 0 Å². The number of hydrogen-bond donors (Lipinski definition) is 0. The maximum Gasteiger partial charge on any atom is -0.0161 e. The fourth-order valence-corrected chi connectivity index (χ4v) is 3.63. The lowest BCUT2D eigenvalue weighted by Gasteiger charge is -2.33. The lowest BCUT2D eigenvalue weighted by Crippen LogP contribution is -2.19. The molecule has 0 heterocycles. The molecule has 0 N–H and O–H groups in total. The van der Waals surface area contributed by atoms with E-state index in [4.69, 9.17) is 0 Å². The molecule has 1 aliphatic rings. The summed E-state index contributed by atoms with van der Waals surface area (Å²) in [5.41, 5.74) is 5.55. The summed E-state index contributed by atoms with van der Waals surface area (Å²) in [4.78, 5) is 0. The van der Waals surface area contributed by atoms with E-state index in [2.05, 4.69) is 58.2 Å². The van der Waals surface area contributed by atoms with Crippen LogP contribution in [0.25, 0.3) is 5.57 Å². The Morgan fingerprint density at radius 1 is 1.10 bits per heavy atom. The standard InChI is InChI=1S/C21H30/c1-6-15(2)17(4)19-11-13-20(14-12-19)18(5)21-10-8-7-9-16(21)3/h7-10,15,19-20H,4-6,11-14H2,1-3H3. The minimum Gasteiger partial charge on any atom is -0.0993 e. The number of allylic oxidation sites excluding steroid dienone is 2. The van der Waals surface area contributed by atoms with E-state index < -0.39 is 0 Å². The van der Waals surface area contributed by atoms with Gasteiger partial charge in [0.15, 0.2) is 0 Å². The van der Waals surface area contributed by atoms with Gasteiger partial charge in [-0.05, 0) is 73.5 Å². The minimum absolute atomic E-state index is 0.659. The molecule has 0 amide bonds. The Morgan fingerprint density at radius 2 is 1.67 bits per heavy atom. The van der Waals surface area contributed by atoms with Crippen molar-refractivity contribution < 1.29 is 0 Å². The van der Waals surface area contributed by atoms with Gasteiger partial charge in [-0.1, -0.05) is 56.8 Å². The quantitative estimate of drug-likeness (QED) is 0.547. The van der Waals surface area contributed by atoms with Crippen LogP contribution >= 0.6 is 0 Å². The highest BCUT2D eigenvalue weighted by atomic mass is 14.3. The average molecular weight is 282 g/mol. The molecule has 1 fully saturated rings. The molecule has 2 rings (SSSR count). The third-order valence-corrected chi connectivity index (χ3v) is 5.48. The molecule has 1 aliphatic carbocycles. The molecule has 0 aliphatic heterocycles. The highest BCUT2D eigenvalue weighted by Gasteiger charge is 2.26. The average Bonchev–Trinajstić information content (AvgIpc) is 2.53. The molecule has 1 saturated carbocycles. The van der Waals surface area contributed by atoms with Gasteiger partial charge < -0.3 is 0 Å². The monoisotopic (exact) mass is 282 g/mol. The second kappa shape index (κ2) is 7.11. The van der Waals surface area contributed by atoms with Gasteiger partial charge in [-0.15, -0.1) is 0 Å². The van der Waals surface area contributed by atoms with Crippen molar-refractivity contribution in [1.29, 1.82) is 0 Å². The summed E-state index contributed by atoms with van der Waals surface area (Å²) >= 11 is 0. The van der Waals surface area contributed by atoms with Crippen molar-refractivity contribution >= 4 is 5.57 Å². The normalized spacial score (nSPS) is 23.6. The third kappa shape index (κ3) is 3.67. The highest BCUT2D eigenvalue weighted by Crippen LogP contribution is 2.41. The Labute approximate surface area is 131 Å². The zero-order valence-corrected chi connectivity index (χ0v) is 14.0. The van der Waals surface area contributed by atoms with E-state index in [1.54, 1.807) is 0 Å². The largest absolute Gasteiger partial charge is 0.0993 e. The zero-order valence-electron chi connectivity index (χ0n) is 14.0. The smallest absolute Gasteiger partial charge is 0.0161 e. The summed E-state index contributed by atoms with van der Waals surface area (Å²) in [5, 5.41) is 0. The maximum absolute atomic E-state index is 4.41. The molecule has 0 radical (unpaired) electrons. The van der Waals surface area contributed by atoms with Gasteiger partial charge in [0.2, 0.25) is 0 Å². The van der Waals surface area contributed by atoms with Crippen LogP contribution in [0, 0.1) is 24.7 Å². The van der Waals surface area contributed by atoms with Gasteiger partial charge >= 0.3 is 0 Å². The first-order chi connectivity index (χ1) is 10.0. The SMILES string of the molecule is C=C(c1ccccc1C)C1CCC(C(=C)C(C)CC)CC1. The summed E-state index contributed by atoms with van der Waals surface area (Å²) in [6, 6.07) is 8.65. The second-order valence-electron chi connectivity index (χ2n) is 6.77. The molecular formula is C21H30. The van der Waals surface area contributed by atoms with E-state index >= 15 is 0 Å². The van der Waals surface area contributed by atoms with Crippen molar-refractivity contribution in [3.05, 3.63) is 54.1 Å². The molecule has 0 nitrogen and oxygen atoms in total. The van der Waals surface area contributed by atoms with Crippen molar-refractivity contribution in [3.8, 4) is 0 Å². The Balaban J connectivity index is 1.97. The summed E-state index contributed by atoms with van der Waals surface area (Å²) in [7, 11) is 0. The summed E-state index contributed by atoms with van der Waals surface area (Å²) in [6.07, 6.45) is 6.34. The van der Waals surface area contributed by atoms with E-state index in [1.807, 2.05) is 0 Å². The van der Waals surface area contributed by atoms with E-state index in [0.29, 0.717) is 11.8 Å². The molecule has 114 valence electrons. The number of aryl methyl sites for hydroxylation is 1. The van der Waals surface area contributed by atoms with Crippen LogP contribution < -0.4 is 0 Å². The van der Waals surface area contributed by atoms with E-state index in [0.717, 1.165) is 5.92 Å². The van der Waals surface area contributed by atoms with Crippen LogP contribution in [0.2, 0.25) is 0 Å². The highest BCUT2D eigenvalue weighted by molar-refractivity contribution is 5.67. The first-order valence-corrected chi connectivity index (χ1v) is 8.48. The van der Waals surface area contributed by atoms with E-state index in [-0.39, 0.29) is 0 Å². The second-order valence-corrected chi connectivity index (χ2v) is 6.77. The summed E-state index contributed by atoms with van der Waals surface area (Å²) < 4.78 is 0. The number of hydrogen-bond acceptors (Lipinski definition) is 0. The summed E-state index contributed by atoms with van der Waals surface area (Å²) in [6.45, 7) is 15.6. The first kappa shape index (κ1) is 16.1. The Hall–Kier alpha value is -1.30. The van der Waals surface area contributed by atoms with Crippen LogP contribution in [0.4, 0.5) is 0 Å². The maximum atomic E-state index is 4.41. The molecule has 0 saturated heterocycles. The van der Waals surface area contributed by atoms with Crippen LogP contribution in [-0.4, -0.2) is 0 Å². The molecule has 1 aromatic rings. The van der Waals surface area contributed by atoms with E-state index in [1.165, 1.54) is 54.4 Å². The van der Waals surface area contributed by atoms with Crippen molar-refractivity contribution in [3.63, 3.8) is 0 Å². The topological polar surface area (TPSA) is 0 Å². The van der Waals surface area contributed by atoms with Gasteiger partial charge in [0.25, 0.3) is 0 Å². The van der Waals surface area contributed by atoms with Gasteiger partial charge in [-0.25, -0.2) is 0 Å². The summed E-state index contributed by atoms with van der Waals surface area (Å²) in [5.74, 6) is 2.07. The molecule has 1 atom stereocenters.